The van der Waals surface area contributed by atoms with Crippen LogP contribution < -0.4 is 5.32 Å². The van der Waals surface area contributed by atoms with Crippen LogP contribution in [0.3, 0.4) is 0 Å². The first-order valence-corrected chi connectivity index (χ1v) is 12.7. The van der Waals surface area contributed by atoms with Crippen LogP contribution in [-0.2, 0) is 13.6 Å². The molecular formula is C21H46NO3P. The normalized spacial score (nSPS) is 15.8. The number of hydrogen-bond acceptors (Lipinski definition) is 4. The van der Waals surface area contributed by atoms with Gasteiger partial charge in [0.15, 0.2) is 0 Å². The summed E-state index contributed by atoms with van der Waals surface area (Å²) in [5, 5.41) is 3.30. The molecule has 0 saturated carbocycles. The second-order valence-corrected chi connectivity index (χ2v) is 10.1. The molecule has 0 aliphatic heterocycles. The molecule has 0 aromatic rings. The second-order valence-electron chi connectivity index (χ2n) is 8.01. The fraction of sp³-hybridized carbons (Fsp3) is 1.00. The van der Waals surface area contributed by atoms with Crippen LogP contribution in [-0.4, -0.2) is 32.5 Å². The molecule has 1 N–H and O–H groups in total. The summed E-state index contributed by atoms with van der Waals surface area (Å²) >= 11 is 0. The molecule has 0 rings (SSSR count). The Kier molecular flexibility index (Phi) is 16.2. The van der Waals surface area contributed by atoms with Gasteiger partial charge >= 0.3 is 7.60 Å². The first-order chi connectivity index (χ1) is 12.4. The zero-order valence-electron chi connectivity index (χ0n) is 18.4. The molecule has 0 fully saturated rings. The second kappa shape index (κ2) is 16.1. The molecule has 4 nitrogen and oxygen atoms in total. The monoisotopic (exact) mass is 391 g/mol. The summed E-state index contributed by atoms with van der Waals surface area (Å²) in [6, 6.07) is 0.192. The van der Waals surface area contributed by atoms with E-state index in [9.17, 15) is 4.57 Å². The summed E-state index contributed by atoms with van der Waals surface area (Å²) in [5.41, 5.74) is 0. The van der Waals surface area contributed by atoms with Crippen LogP contribution in [0.15, 0.2) is 0 Å². The van der Waals surface area contributed by atoms with Crippen molar-refractivity contribution in [2.75, 3.05) is 26.4 Å². The Bertz CT molecular complexity index is 343. The Morgan fingerprint density at radius 3 is 1.62 bits per heavy atom. The number of hydrogen-bond donors (Lipinski definition) is 1. The highest BCUT2D eigenvalue weighted by atomic mass is 31.2. The van der Waals surface area contributed by atoms with Gasteiger partial charge in [0.2, 0.25) is 0 Å². The highest BCUT2D eigenvalue weighted by Crippen LogP contribution is 2.50. The van der Waals surface area contributed by atoms with Gasteiger partial charge < -0.3 is 14.4 Å². The molecule has 0 aromatic heterocycles. The van der Waals surface area contributed by atoms with E-state index >= 15 is 0 Å². The Balaban J connectivity index is 4.74. The first kappa shape index (κ1) is 26.1. The molecule has 0 bridgehead atoms. The molecule has 0 aliphatic rings. The van der Waals surface area contributed by atoms with Gasteiger partial charge in [-0.3, -0.25) is 4.57 Å². The minimum absolute atomic E-state index is 0.192. The molecule has 0 heterocycles. The van der Waals surface area contributed by atoms with Gasteiger partial charge in [0, 0.05) is 6.04 Å². The van der Waals surface area contributed by atoms with E-state index in [4.69, 9.17) is 9.05 Å². The van der Waals surface area contributed by atoms with Crippen LogP contribution in [0, 0.1) is 11.8 Å². The zero-order chi connectivity index (χ0) is 19.8. The third-order valence-electron chi connectivity index (χ3n) is 4.97. The highest BCUT2D eigenvalue weighted by Gasteiger charge is 2.30. The number of rotatable bonds is 18. The van der Waals surface area contributed by atoms with Gasteiger partial charge in [0.05, 0.1) is 19.4 Å². The predicted molar refractivity (Wildman–Crippen MR) is 114 cm³/mol. The van der Waals surface area contributed by atoms with Gasteiger partial charge in [-0.15, -0.1) is 0 Å². The van der Waals surface area contributed by atoms with Crippen LogP contribution >= 0.6 is 7.60 Å². The summed E-state index contributed by atoms with van der Waals surface area (Å²) in [7, 11) is -1.12. The molecule has 0 aliphatic carbocycles. The van der Waals surface area contributed by atoms with E-state index in [1.54, 1.807) is 0 Å². The smallest absolute Gasteiger partial charge is 0.316 e. The van der Waals surface area contributed by atoms with Crippen molar-refractivity contribution in [1.82, 2.24) is 5.32 Å². The minimum atomic E-state index is -3.07. The molecule has 0 amide bonds. The van der Waals surface area contributed by atoms with Crippen LogP contribution in [0.2, 0.25) is 0 Å². The van der Waals surface area contributed by atoms with E-state index in [1.165, 1.54) is 25.7 Å². The van der Waals surface area contributed by atoms with E-state index in [0.717, 1.165) is 32.1 Å². The highest BCUT2D eigenvalue weighted by molar-refractivity contribution is 7.53. The van der Waals surface area contributed by atoms with Crippen LogP contribution in [0.4, 0.5) is 0 Å². The fourth-order valence-electron chi connectivity index (χ4n) is 2.94. The maximum atomic E-state index is 13.4. The van der Waals surface area contributed by atoms with Crippen LogP contribution in [0.1, 0.15) is 92.4 Å². The van der Waals surface area contributed by atoms with E-state index in [2.05, 4.69) is 39.9 Å². The van der Waals surface area contributed by atoms with Crippen molar-refractivity contribution in [3.63, 3.8) is 0 Å². The average Bonchev–Trinajstić information content (AvgIpc) is 2.64. The molecule has 1 unspecified atom stereocenters. The van der Waals surface area contributed by atoms with Gasteiger partial charge in [-0.1, -0.05) is 73.1 Å². The lowest BCUT2D eigenvalue weighted by Gasteiger charge is -2.26. The zero-order valence-corrected chi connectivity index (χ0v) is 19.3. The summed E-state index contributed by atoms with van der Waals surface area (Å²) in [6.07, 6.45) is 10.8. The van der Waals surface area contributed by atoms with Crippen molar-refractivity contribution in [1.29, 1.82) is 0 Å². The quantitative estimate of drug-likeness (QED) is 0.266. The molecule has 0 radical (unpaired) electrons. The predicted octanol–water partition coefficient (Wildman–Crippen LogP) is 6.64. The molecule has 0 aromatic carbocycles. The van der Waals surface area contributed by atoms with Gasteiger partial charge in [-0.2, -0.15) is 0 Å². The summed E-state index contributed by atoms with van der Waals surface area (Å²) in [5.74, 6) is 0.848. The van der Waals surface area contributed by atoms with Crippen molar-refractivity contribution in [3.05, 3.63) is 0 Å². The third kappa shape index (κ3) is 13.3. The topological polar surface area (TPSA) is 47.6 Å². The minimum Gasteiger partial charge on any atom is -0.316 e. The first-order valence-electron chi connectivity index (χ1n) is 11.0. The van der Waals surface area contributed by atoms with Crippen LogP contribution in [0.25, 0.3) is 0 Å². The molecule has 3 atom stereocenters. The van der Waals surface area contributed by atoms with Crippen molar-refractivity contribution in [3.8, 4) is 0 Å². The van der Waals surface area contributed by atoms with E-state index in [-0.39, 0.29) is 6.04 Å². The lowest BCUT2D eigenvalue weighted by atomic mass is 10.1. The summed E-state index contributed by atoms with van der Waals surface area (Å²) in [6.45, 7) is 12.0. The Morgan fingerprint density at radius 2 is 1.23 bits per heavy atom. The average molecular weight is 392 g/mol. The standard InChI is InChI=1S/C21H46NO3P/c1-7-10-13-19(4)16-24-26(23,18-21(22-6)15-12-9-3)25-17-20(5)14-11-8-2/h19-22H,7-18H2,1-6H3/t19-,20-,21?/m1/s1. The molecular weight excluding hydrogens is 345 g/mol. The van der Waals surface area contributed by atoms with E-state index < -0.39 is 7.60 Å². The van der Waals surface area contributed by atoms with Gasteiger partial charge in [-0.05, 0) is 38.1 Å². The number of unbranched alkanes of at least 4 members (excludes halogenated alkanes) is 3. The van der Waals surface area contributed by atoms with Crippen molar-refractivity contribution in [2.45, 2.75) is 98.4 Å². The molecule has 0 spiro atoms. The van der Waals surface area contributed by atoms with Crippen molar-refractivity contribution < 1.29 is 13.6 Å². The fourth-order valence-corrected chi connectivity index (χ4v) is 5.10. The van der Waals surface area contributed by atoms with E-state index in [0.29, 0.717) is 31.2 Å². The molecule has 0 saturated heterocycles. The van der Waals surface area contributed by atoms with Gasteiger partial charge in [0.25, 0.3) is 0 Å². The van der Waals surface area contributed by atoms with Gasteiger partial charge in [0.1, 0.15) is 0 Å². The maximum Gasteiger partial charge on any atom is 0.332 e. The van der Waals surface area contributed by atoms with Gasteiger partial charge in [-0.25, -0.2) is 0 Å². The molecule has 26 heavy (non-hydrogen) atoms. The lowest BCUT2D eigenvalue weighted by molar-refractivity contribution is 0.159. The van der Waals surface area contributed by atoms with E-state index in [1.807, 2.05) is 7.05 Å². The Morgan fingerprint density at radius 1 is 0.808 bits per heavy atom. The lowest BCUT2D eigenvalue weighted by Crippen LogP contribution is -2.30. The Labute approximate surface area is 163 Å². The van der Waals surface area contributed by atoms with Crippen molar-refractivity contribution >= 4 is 7.60 Å². The number of nitrogens with one attached hydrogen (secondary N) is 1. The Hall–Kier alpha value is 0.110. The molecule has 5 heteroatoms. The van der Waals surface area contributed by atoms with Crippen molar-refractivity contribution in [2.24, 2.45) is 11.8 Å². The van der Waals surface area contributed by atoms with Crippen LogP contribution in [0.5, 0.6) is 0 Å². The SMILES string of the molecule is CCCCC(CP(=O)(OC[C@H](C)CCCC)OC[C@H](C)CCCC)NC. The maximum absolute atomic E-state index is 13.4. The summed E-state index contributed by atoms with van der Waals surface area (Å²) < 4.78 is 25.3. The molecule has 158 valence electrons. The largest absolute Gasteiger partial charge is 0.332 e. The summed E-state index contributed by atoms with van der Waals surface area (Å²) in [4.78, 5) is 0. The third-order valence-corrected chi connectivity index (χ3v) is 6.94.